The zero-order valence-corrected chi connectivity index (χ0v) is 13.1. The van der Waals surface area contributed by atoms with E-state index in [1.165, 1.54) is 11.1 Å². The van der Waals surface area contributed by atoms with Crippen LogP contribution in [-0.4, -0.2) is 18.6 Å². The van der Waals surface area contributed by atoms with Gasteiger partial charge in [0.1, 0.15) is 5.75 Å². The van der Waals surface area contributed by atoms with E-state index in [2.05, 4.69) is 54.5 Å². The maximum absolute atomic E-state index is 5.69. The van der Waals surface area contributed by atoms with Crippen LogP contribution in [0, 0.1) is 0 Å². The molecule has 0 saturated heterocycles. The summed E-state index contributed by atoms with van der Waals surface area (Å²) in [5.41, 5.74) is 3.79. The minimum Gasteiger partial charge on any atom is -0.492 e. The fourth-order valence-corrected chi connectivity index (χ4v) is 2.53. The van der Waals surface area contributed by atoms with E-state index in [4.69, 9.17) is 4.74 Å². The second-order valence-electron chi connectivity index (χ2n) is 5.08. The van der Waals surface area contributed by atoms with Crippen molar-refractivity contribution >= 4 is 0 Å². The summed E-state index contributed by atoms with van der Waals surface area (Å²) in [4.78, 5) is 4.32. The van der Waals surface area contributed by atoms with E-state index in [0.29, 0.717) is 0 Å². The molecule has 0 amide bonds. The smallest absolute Gasteiger partial charge is 0.137 e. The average Bonchev–Trinajstić information content (AvgIpc) is 2.54. The Labute approximate surface area is 127 Å². The maximum Gasteiger partial charge on any atom is 0.137 e. The molecular weight excluding hydrogens is 260 g/mol. The first-order valence-electron chi connectivity index (χ1n) is 7.63. The first-order chi connectivity index (χ1) is 10.3. The summed E-state index contributed by atoms with van der Waals surface area (Å²) in [6.07, 6.45) is 5.70. The number of pyridine rings is 1. The number of hydrogen-bond donors (Lipinski definition) is 1. The van der Waals surface area contributed by atoms with Gasteiger partial charge in [-0.2, -0.15) is 0 Å². The molecule has 1 heterocycles. The van der Waals surface area contributed by atoms with Crippen molar-refractivity contribution in [3.8, 4) is 5.75 Å². The molecule has 1 atom stereocenters. The molecule has 3 nitrogen and oxygen atoms in total. The predicted octanol–water partition coefficient (Wildman–Crippen LogP) is 3.74. The van der Waals surface area contributed by atoms with Gasteiger partial charge in [0.05, 0.1) is 18.8 Å². The zero-order valence-electron chi connectivity index (χ0n) is 13.1. The summed E-state index contributed by atoms with van der Waals surface area (Å²) in [6.45, 7) is 5.01. The topological polar surface area (TPSA) is 34.1 Å². The standard InChI is InChI=1S/C18H24N2O/c1-4-10-21-16-11-15(12-20-13-16)18(19-3)17-9-7-6-8-14(17)5-2/h6-9,11-13,18-19H,4-5,10H2,1-3H3. The van der Waals surface area contributed by atoms with Gasteiger partial charge in [-0.25, -0.2) is 0 Å². The van der Waals surface area contributed by atoms with Crippen LogP contribution in [-0.2, 0) is 6.42 Å². The Morgan fingerprint density at radius 2 is 2.00 bits per heavy atom. The third kappa shape index (κ3) is 3.82. The Morgan fingerprint density at radius 3 is 2.71 bits per heavy atom. The van der Waals surface area contributed by atoms with Gasteiger partial charge >= 0.3 is 0 Å². The van der Waals surface area contributed by atoms with Crippen molar-refractivity contribution in [2.24, 2.45) is 0 Å². The van der Waals surface area contributed by atoms with Gasteiger partial charge in [0.2, 0.25) is 0 Å². The number of aryl methyl sites for hydroxylation is 1. The van der Waals surface area contributed by atoms with Crippen molar-refractivity contribution in [3.05, 3.63) is 59.4 Å². The second-order valence-corrected chi connectivity index (χ2v) is 5.08. The van der Waals surface area contributed by atoms with E-state index < -0.39 is 0 Å². The van der Waals surface area contributed by atoms with Crippen LogP contribution < -0.4 is 10.1 Å². The number of benzene rings is 1. The Balaban J connectivity index is 2.32. The minimum absolute atomic E-state index is 0.138. The number of nitrogens with one attached hydrogen (secondary N) is 1. The van der Waals surface area contributed by atoms with E-state index in [-0.39, 0.29) is 6.04 Å². The van der Waals surface area contributed by atoms with Crippen molar-refractivity contribution < 1.29 is 4.74 Å². The lowest BCUT2D eigenvalue weighted by atomic mass is 9.94. The predicted molar refractivity (Wildman–Crippen MR) is 86.7 cm³/mol. The Bertz CT molecular complexity index is 569. The third-order valence-electron chi connectivity index (χ3n) is 3.58. The highest BCUT2D eigenvalue weighted by Gasteiger charge is 2.15. The Morgan fingerprint density at radius 1 is 1.19 bits per heavy atom. The molecule has 0 aliphatic heterocycles. The van der Waals surface area contributed by atoms with Crippen LogP contribution in [0.1, 0.15) is 43.0 Å². The number of nitrogens with zero attached hydrogens (tertiary/aromatic N) is 1. The molecular formula is C18H24N2O. The highest BCUT2D eigenvalue weighted by molar-refractivity contribution is 5.38. The molecule has 0 bridgehead atoms. The third-order valence-corrected chi connectivity index (χ3v) is 3.58. The van der Waals surface area contributed by atoms with Crippen molar-refractivity contribution in [1.29, 1.82) is 0 Å². The monoisotopic (exact) mass is 284 g/mol. The first-order valence-corrected chi connectivity index (χ1v) is 7.63. The molecule has 0 saturated carbocycles. The molecule has 112 valence electrons. The van der Waals surface area contributed by atoms with E-state index in [9.17, 15) is 0 Å². The van der Waals surface area contributed by atoms with E-state index in [1.807, 2.05) is 13.2 Å². The number of rotatable bonds is 7. The lowest BCUT2D eigenvalue weighted by Crippen LogP contribution is -2.19. The summed E-state index contributed by atoms with van der Waals surface area (Å²) in [6, 6.07) is 10.8. The largest absolute Gasteiger partial charge is 0.492 e. The fraction of sp³-hybridized carbons (Fsp3) is 0.389. The number of aromatic nitrogens is 1. The van der Waals surface area contributed by atoms with Crippen molar-refractivity contribution in [1.82, 2.24) is 10.3 Å². The van der Waals surface area contributed by atoms with Crippen molar-refractivity contribution in [2.75, 3.05) is 13.7 Å². The Kier molecular flexibility index (Phi) is 5.76. The summed E-state index contributed by atoms with van der Waals surface area (Å²) in [5.74, 6) is 0.837. The average molecular weight is 284 g/mol. The van der Waals surface area contributed by atoms with Gasteiger partial charge in [-0.15, -0.1) is 0 Å². The van der Waals surface area contributed by atoms with Crippen LogP contribution in [0.3, 0.4) is 0 Å². The molecule has 0 spiro atoms. The highest BCUT2D eigenvalue weighted by Crippen LogP contribution is 2.27. The van der Waals surface area contributed by atoms with Crippen molar-refractivity contribution in [2.45, 2.75) is 32.7 Å². The van der Waals surface area contributed by atoms with Crippen LogP contribution in [0.25, 0.3) is 0 Å². The van der Waals surface area contributed by atoms with Gasteiger partial charge in [0.25, 0.3) is 0 Å². The van der Waals surface area contributed by atoms with Crippen LogP contribution in [0.5, 0.6) is 5.75 Å². The van der Waals surface area contributed by atoms with E-state index in [0.717, 1.165) is 30.8 Å². The molecule has 1 aromatic heterocycles. The van der Waals surface area contributed by atoms with E-state index in [1.54, 1.807) is 6.20 Å². The summed E-state index contributed by atoms with van der Waals surface area (Å²) in [7, 11) is 1.98. The highest BCUT2D eigenvalue weighted by atomic mass is 16.5. The molecule has 3 heteroatoms. The van der Waals surface area contributed by atoms with Gasteiger partial charge in [-0.1, -0.05) is 38.1 Å². The van der Waals surface area contributed by atoms with Crippen LogP contribution in [0.15, 0.2) is 42.7 Å². The lowest BCUT2D eigenvalue weighted by Gasteiger charge is -2.20. The van der Waals surface area contributed by atoms with Crippen LogP contribution >= 0.6 is 0 Å². The molecule has 0 aliphatic rings. The summed E-state index contributed by atoms with van der Waals surface area (Å²) >= 11 is 0. The fourth-order valence-electron chi connectivity index (χ4n) is 2.53. The van der Waals surface area contributed by atoms with Gasteiger partial charge in [-0.3, -0.25) is 4.98 Å². The first kappa shape index (κ1) is 15.5. The van der Waals surface area contributed by atoms with Crippen molar-refractivity contribution in [3.63, 3.8) is 0 Å². The SMILES string of the molecule is CCCOc1cncc(C(NC)c2ccccc2CC)c1. The van der Waals surface area contributed by atoms with Gasteiger partial charge in [-0.05, 0) is 42.6 Å². The zero-order chi connectivity index (χ0) is 15.1. The maximum atomic E-state index is 5.69. The molecule has 1 N–H and O–H groups in total. The Hall–Kier alpha value is -1.87. The molecule has 2 rings (SSSR count). The minimum atomic E-state index is 0.138. The molecule has 0 radical (unpaired) electrons. The number of hydrogen-bond acceptors (Lipinski definition) is 3. The quantitative estimate of drug-likeness (QED) is 0.841. The summed E-state index contributed by atoms with van der Waals surface area (Å²) in [5, 5.41) is 3.40. The number of ether oxygens (including phenoxy) is 1. The molecule has 0 aliphatic carbocycles. The van der Waals surface area contributed by atoms with E-state index >= 15 is 0 Å². The van der Waals surface area contributed by atoms with Crippen LogP contribution in [0.4, 0.5) is 0 Å². The summed E-state index contributed by atoms with van der Waals surface area (Å²) < 4.78 is 5.69. The van der Waals surface area contributed by atoms with Crippen LogP contribution in [0.2, 0.25) is 0 Å². The second kappa shape index (κ2) is 7.79. The molecule has 2 aromatic rings. The molecule has 0 fully saturated rings. The normalized spacial score (nSPS) is 12.1. The molecule has 1 aromatic carbocycles. The molecule has 1 unspecified atom stereocenters. The van der Waals surface area contributed by atoms with Gasteiger partial charge in [0.15, 0.2) is 0 Å². The molecule has 21 heavy (non-hydrogen) atoms. The van der Waals surface area contributed by atoms with Gasteiger partial charge < -0.3 is 10.1 Å². The lowest BCUT2D eigenvalue weighted by molar-refractivity contribution is 0.315. The van der Waals surface area contributed by atoms with Gasteiger partial charge in [0, 0.05) is 6.20 Å².